The molecule has 7 aromatic rings. The first-order chi connectivity index (χ1) is 16.8. The molecule has 3 heterocycles. The number of fused-ring (bicyclic) bond motifs is 7. The van der Waals surface area contributed by atoms with Crippen LogP contribution in [0.3, 0.4) is 0 Å². The van der Waals surface area contributed by atoms with Gasteiger partial charge in [-0.15, -0.1) is 0 Å². The third kappa shape index (κ3) is 2.55. The molecule has 0 aliphatic carbocycles. The normalized spacial score (nSPS) is 11.5. The number of para-hydroxylation sites is 2. The summed E-state index contributed by atoms with van der Waals surface area (Å²) in [4.78, 5) is 4.11. The van der Waals surface area contributed by atoms with Crippen LogP contribution in [0.4, 0.5) is 0 Å². The molecule has 0 N–H and O–H groups in total. The van der Waals surface area contributed by atoms with Crippen LogP contribution in [-0.2, 0) is 0 Å². The number of nitrogens with zero attached hydrogens (tertiary/aromatic N) is 3. The van der Waals surface area contributed by atoms with E-state index >= 15 is 0 Å². The Kier molecular flexibility index (Phi) is 3.88. The summed E-state index contributed by atoms with van der Waals surface area (Å²) in [6.45, 7) is 0. The van der Waals surface area contributed by atoms with Crippen molar-refractivity contribution in [2.24, 2.45) is 0 Å². The smallest absolute Gasteiger partial charge is 0.160 e. The van der Waals surface area contributed by atoms with Crippen molar-refractivity contribution in [1.29, 1.82) is 5.26 Å². The molecular formula is C30H17N3O. The van der Waals surface area contributed by atoms with Gasteiger partial charge in [0.1, 0.15) is 11.7 Å². The molecule has 4 aromatic carbocycles. The third-order valence-electron chi connectivity index (χ3n) is 6.54. The van der Waals surface area contributed by atoms with Crippen molar-refractivity contribution in [1.82, 2.24) is 9.55 Å². The van der Waals surface area contributed by atoms with Gasteiger partial charge in [-0.05, 0) is 42.0 Å². The first-order valence-corrected chi connectivity index (χ1v) is 11.1. The van der Waals surface area contributed by atoms with Crippen LogP contribution >= 0.6 is 0 Å². The topological polar surface area (TPSA) is 54.8 Å². The molecule has 0 fully saturated rings. The summed E-state index contributed by atoms with van der Waals surface area (Å²) in [6.07, 6.45) is 3.33. The molecule has 0 atom stereocenters. The molecule has 4 heteroatoms. The molecule has 0 unspecified atom stereocenters. The Morgan fingerprint density at radius 3 is 2.50 bits per heavy atom. The molecule has 0 bridgehead atoms. The fourth-order valence-electron chi connectivity index (χ4n) is 5.05. The molecule has 0 radical (unpaired) electrons. The van der Waals surface area contributed by atoms with Crippen molar-refractivity contribution >= 4 is 43.7 Å². The molecule has 0 saturated carbocycles. The predicted molar refractivity (Wildman–Crippen MR) is 136 cm³/mol. The maximum atomic E-state index is 9.60. The average molecular weight is 435 g/mol. The zero-order valence-corrected chi connectivity index (χ0v) is 18.1. The first kappa shape index (κ1) is 18.7. The average Bonchev–Trinajstić information content (AvgIpc) is 3.45. The van der Waals surface area contributed by atoms with Crippen LogP contribution in [0.2, 0.25) is 0 Å². The van der Waals surface area contributed by atoms with E-state index in [9.17, 15) is 5.26 Å². The number of nitriles is 1. The van der Waals surface area contributed by atoms with Gasteiger partial charge in [0.05, 0.1) is 16.6 Å². The molecule has 4 nitrogen and oxygen atoms in total. The van der Waals surface area contributed by atoms with Crippen molar-refractivity contribution in [3.05, 3.63) is 109 Å². The Labute approximate surface area is 194 Å². The standard InChI is InChI=1S/C30H17N3O/c31-17-20-18-32-15-14-22(20)19-6-5-7-21(16-19)33-27-10-3-1-8-23(27)25-12-13-26-24-9-2-4-11-28(24)34-30(26)29(25)33/h1-16,18H. The van der Waals surface area contributed by atoms with Crippen molar-refractivity contribution in [3.8, 4) is 22.9 Å². The van der Waals surface area contributed by atoms with E-state index in [4.69, 9.17) is 4.42 Å². The van der Waals surface area contributed by atoms with E-state index in [2.05, 4.69) is 70.2 Å². The van der Waals surface area contributed by atoms with Crippen molar-refractivity contribution < 1.29 is 4.42 Å². The van der Waals surface area contributed by atoms with Crippen molar-refractivity contribution in [2.45, 2.75) is 0 Å². The fourth-order valence-corrected chi connectivity index (χ4v) is 5.05. The largest absolute Gasteiger partial charge is 0.454 e. The minimum atomic E-state index is 0.557. The van der Waals surface area contributed by atoms with Crippen LogP contribution in [0.5, 0.6) is 0 Å². The lowest BCUT2D eigenvalue weighted by molar-refractivity contribution is 0.671. The molecule has 3 aromatic heterocycles. The van der Waals surface area contributed by atoms with Crippen LogP contribution < -0.4 is 0 Å². The first-order valence-electron chi connectivity index (χ1n) is 11.1. The van der Waals surface area contributed by atoms with E-state index in [1.807, 2.05) is 36.4 Å². The van der Waals surface area contributed by atoms with Crippen LogP contribution in [0.1, 0.15) is 5.56 Å². The molecule has 7 rings (SSSR count). The molecule has 0 aliphatic heterocycles. The summed E-state index contributed by atoms with van der Waals surface area (Å²) in [6, 6.07) is 33.4. The number of pyridine rings is 1. The lowest BCUT2D eigenvalue weighted by atomic mass is 10.0. The van der Waals surface area contributed by atoms with Gasteiger partial charge >= 0.3 is 0 Å². The number of benzene rings is 4. The van der Waals surface area contributed by atoms with Crippen LogP contribution in [0, 0.1) is 11.3 Å². The van der Waals surface area contributed by atoms with Gasteiger partial charge in [0.2, 0.25) is 0 Å². The number of hydrogen-bond acceptors (Lipinski definition) is 3. The Balaban J connectivity index is 1.61. The van der Waals surface area contributed by atoms with Gasteiger partial charge in [-0.2, -0.15) is 5.26 Å². The van der Waals surface area contributed by atoms with Gasteiger partial charge in [-0.1, -0.05) is 54.6 Å². The highest BCUT2D eigenvalue weighted by Crippen LogP contribution is 2.40. The number of hydrogen-bond donors (Lipinski definition) is 0. The second-order valence-corrected chi connectivity index (χ2v) is 8.37. The molecular weight excluding hydrogens is 418 g/mol. The third-order valence-corrected chi connectivity index (χ3v) is 6.54. The van der Waals surface area contributed by atoms with Gasteiger partial charge in [0.15, 0.2) is 5.58 Å². The van der Waals surface area contributed by atoms with E-state index in [1.165, 1.54) is 5.39 Å². The van der Waals surface area contributed by atoms with E-state index in [-0.39, 0.29) is 0 Å². The Hall–Kier alpha value is -4.88. The van der Waals surface area contributed by atoms with Crippen molar-refractivity contribution in [2.75, 3.05) is 0 Å². The monoisotopic (exact) mass is 435 g/mol. The lowest BCUT2D eigenvalue weighted by Crippen LogP contribution is -1.95. The van der Waals surface area contributed by atoms with Gasteiger partial charge in [0, 0.05) is 45.2 Å². The summed E-state index contributed by atoms with van der Waals surface area (Å²) in [5.74, 6) is 0. The van der Waals surface area contributed by atoms with Crippen molar-refractivity contribution in [3.63, 3.8) is 0 Å². The number of furan rings is 1. The van der Waals surface area contributed by atoms with E-state index < -0.39 is 0 Å². The van der Waals surface area contributed by atoms with Gasteiger partial charge in [-0.3, -0.25) is 4.98 Å². The minimum absolute atomic E-state index is 0.557. The molecule has 0 amide bonds. The predicted octanol–water partition coefficient (Wildman–Crippen LogP) is 7.62. The zero-order valence-electron chi connectivity index (χ0n) is 18.1. The summed E-state index contributed by atoms with van der Waals surface area (Å²) < 4.78 is 8.71. The van der Waals surface area contributed by atoms with Gasteiger partial charge < -0.3 is 8.98 Å². The number of aromatic nitrogens is 2. The fraction of sp³-hybridized carbons (Fsp3) is 0. The summed E-state index contributed by atoms with van der Waals surface area (Å²) >= 11 is 0. The molecule has 34 heavy (non-hydrogen) atoms. The molecule has 158 valence electrons. The molecule has 0 aliphatic rings. The van der Waals surface area contributed by atoms with E-state index in [0.717, 1.165) is 55.2 Å². The SMILES string of the molecule is N#Cc1cnccc1-c1cccc(-n2c3ccccc3c3ccc4c5ccccc5oc4c32)c1. The van der Waals surface area contributed by atoms with Crippen LogP contribution in [-0.4, -0.2) is 9.55 Å². The Bertz CT molecular complexity index is 1930. The van der Waals surface area contributed by atoms with Gasteiger partial charge in [0.25, 0.3) is 0 Å². The highest BCUT2D eigenvalue weighted by atomic mass is 16.3. The van der Waals surface area contributed by atoms with E-state index in [0.29, 0.717) is 5.56 Å². The minimum Gasteiger partial charge on any atom is -0.454 e. The van der Waals surface area contributed by atoms with Gasteiger partial charge in [-0.25, -0.2) is 0 Å². The Morgan fingerprint density at radius 2 is 1.59 bits per heavy atom. The Morgan fingerprint density at radius 1 is 0.765 bits per heavy atom. The van der Waals surface area contributed by atoms with Crippen LogP contribution in [0.15, 0.2) is 108 Å². The highest BCUT2D eigenvalue weighted by Gasteiger charge is 2.19. The van der Waals surface area contributed by atoms with E-state index in [1.54, 1.807) is 12.4 Å². The molecule has 0 spiro atoms. The second-order valence-electron chi connectivity index (χ2n) is 8.37. The summed E-state index contributed by atoms with van der Waals surface area (Å²) in [5.41, 5.74) is 7.32. The maximum absolute atomic E-state index is 9.60. The maximum Gasteiger partial charge on any atom is 0.160 e. The molecule has 0 saturated heterocycles. The zero-order chi connectivity index (χ0) is 22.6. The van der Waals surface area contributed by atoms with Crippen LogP contribution in [0.25, 0.3) is 60.6 Å². The second kappa shape index (κ2) is 7.06. The highest BCUT2D eigenvalue weighted by molar-refractivity contribution is 6.21. The summed E-state index contributed by atoms with van der Waals surface area (Å²) in [5, 5.41) is 14.1. The summed E-state index contributed by atoms with van der Waals surface area (Å²) in [7, 11) is 0. The lowest BCUT2D eigenvalue weighted by Gasteiger charge is -2.11. The number of rotatable bonds is 2. The quantitative estimate of drug-likeness (QED) is 0.281.